The van der Waals surface area contributed by atoms with Crippen molar-refractivity contribution in [2.45, 2.75) is 229 Å². The molecule has 4 saturated heterocycles. The number of oxime groups is 1. The van der Waals surface area contributed by atoms with Crippen molar-refractivity contribution in [2.24, 2.45) is 34.7 Å². The Morgan fingerprint density at radius 3 is 2.23 bits per heavy atom. The summed E-state index contributed by atoms with van der Waals surface area (Å²) in [5.74, 6) is -7.66. The van der Waals surface area contributed by atoms with E-state index in [1.54, 1.807) is 27.0 Å². The zero-order valence-electron chi connectivity index (χ0n) is 53.3. The SMILES string of the molecule is C=CC[C@@H]1/C=C(\C)C[C@H](C)C[C@H](OC)[C@H]2O[C@@](O)(C(=O)C(=O)N3CCCC[C@H]3C(=O)O[C@H](/C(C)=C/[C@@H]3CC[C@@H](O)[C@H](OC)C3)[C@H](C)[C@@H](O)C/C1=N/OCC(=O)NCCNC(=O)CCCCCNC(=O)CCCC[C@@H]1SC[C@@H]3NC(=O)N[C@@H]31)[C@H](C)C[C@@H]2OC. The lowest BCUT2D eigenvalue weighted by Gasteiger charge is -2.47. The third-order valence-electron chi connectivity index (χ3n) is 18.5. The number of unbranched alkanes of at least 4 members (excludes halogenated alkanes) is 3. The third kappa shape index (κ3) is 20.5. The van der Waals surface area contributed by atoms with Gasteiger partial charge in [-0.3, -0.25) is 24.0 Å². The molecular weight excluding hydrogens is 1150 g/mol. The number of aliphatic hydroxyl groups excluding tert-OH is 2. The van der Waals surface area contributed by atoms with E-state index in [9.17, 15) is 48.9 Å². The molecule has 0 radical (unpaired) electrons. The van der Waals surface area contributed by atoms with Crippen LogP contribution in [0.2, 0.25) is 0 Å². The summed E-state index contributed by atoms with van der Waals surface area (Å²) in [6, 6.07) is -0.944. The lowest BCUT2D eigenvalue weighted by atomic mass is 9.81. The average molecular weight is 1260 g/mol. The van der Waals surface area contributed by atoms with Crippen LogP contribution in [0.25, 0.3) is 0 Å². The Morgan fingerprint density at radius 2 is 1.52 bits per heavy atom. The minimum absolute atomic E-state index is 0.0136. The zero-order chi connectivity index (χ0) is 64.1. The molecule has 1 saturated carbocycles. The Labute approximate surface area is 524 Å². The van der Waals surface area contributed by atoms with Gasteiger partial charge in [0.25, 0.3) is 17.6 Å². The van der Waals surface area contributed by atoms with Gasteiger partial charge in [0.1, 0.15) is 18.2 Å². The second kappa shape index (κ2) is 35.6. The van der Waals surface area contributed by atoms with Gasteiger partial charge in [0, 0.05) is 95.5 Å². The molecule has 6 rings (SSSR count). The van der Waals surface area contributed by atoms with Gasteiger partial charge in [0.05, 0.1) is 48.3 Å². The fourth-order valence-corrected chi connectivity index (χ4v) is 15.0. The van der Waals surface area contributed by atoms with Crippen LogP contribution in [-0.4, -0.2) is 199 Å². The number of amides is 6. The van der Waals surface area contributed by atoms with E-state index < -0.39 is 102 Å². The summed E-state index contributed by atoms with van der Waals surface area (Å²) >= 11 is 1.87. The van der Waals surface area contributed by atoms with Crippen LogP contribution in [0.4, 0.5) is 4.79 Å². The van der Waals surface area contributed by atoms with E-state index in [1.165, 1.54) is 19.1 Å². The van der Waals surface area contributed by atoms with Crippen LogP contribution in [0, 0.1) is 29.6 Å². The van der Waals surface area contributed by atoms with E-state index in [2.05, 4.69) is 38.3 Å². The van der Waals surface area contributed by atoms with Gasteiger partial charge in [0.2, 0.25) is 17.6 Å². The Balaban J connectivity index is 1.11. The van der Waals surface area contributed by atoms with E-state index in [1.807, 2.05) is 44.7 Å². The summed E-state index contributed by atoms with van der Waals surface area (Å²) in [5.41, 5.74) is 1.96. The number of cyclic esters (lactones) is 1. The summed E-state index contributed by atoms with van der Waals surface area (Å²) in [7, 11) is 4.59. The number of piperidine rings is 1. The Morgan fingerprint density at radius 1 is 0.841 bits per heavy atom. The highest BCUT2D eigenvalue weighted by atomic mass is 32.2. The standard InChI is InChI=1S/C64H103N7O16S/c1-10-18-44-30-38(2)29-39(3)31-51(83-8)59-52(84-9)33-41(5)64(81,87-59)60(77)61(78)71-28-17-15-19-47(71)62(79)86-58(40(4)32-43-23-24-48(72)50(34-43)82-7)42(6)49(73)35-45(44)70-85-36-56(76)67-27-26-66-55(75)21-12-11-16-25-65-54(74)22-14-13-20-53-57-46(37-88-53)68-63(80)69-57/h10,30,32,39,41-44,46-53,57-59,72-73,81H,1,11-29,31,33-37H2,2-9H3,(H,65,74)(H,66,75)(H,67,76)(H2,68,69,80)/b38-30+,40-32+,70-45-/t39-,41+,42+,43-,44+,46-,47-,48+,49-,50+,51-,52-,53-,57-,58+,59+,64+/m0/s1. The molecule has 88 heavy (non-hydrogen) atoms. The van der Waals surface area contributed by atoms with Crippen molar-refractivity contribution in [3.05, 3.63) is 36.0 Å². The van der Waals surface area contributed by atoms with E-state index in [0.29, 0.717) is 93.7 Å². The van der Waals surface area contributed by atoms with Gasteiger partial charge in [-0.2, -0.15) is 11.8 Å². The number of methoxy groups -OCH3 is 3. The van der Waals surface area contributed by atoms with Gasteiger partial charge in [-0.1, -0.05) is 62.6 Å². The first kappa shape index (κ1) is 72.1. The van der Waals surface area contributed by atoms with Crippen LogP contribution in [0.1, 0.15) is 157 Å². The van der Waals surface area contributed by atoms with Gasteiger partial charge in [-0.25, -0.2) is 9.59 Å². The molecule has 23 nitrogen and oxygen atoms in total. The highest BCUT2D eigenvalue weighted by Gasteiger charge is 2.57. The van der Waals surface area contributed by atoms with E-state index in [4.69, 9.17) is 28.5 Å². The molecule has 24 heteroatoms. The molecule has 0 spiro atoms. The summed E-state index contributed by atoms with van der Waals surface area (Å²) in [4.78, 5) is 101. The van der Waals surface area contributed by atoms with Gasteiger partial charge in [-0.05, 0) is 121 Å². The number of allylic oxidation sites excluding steroid dienone is 4. The number of esters is 1. The first-order chi connectivity index (χ1) is 42.1. The number of hydrogen-bond acceptors (Lipinski definition) is 18. The van der Waals surface area contributed by atoms with Crippen molar-refractivity contribution in [2.75, 3.05) is 59.9 Å². The number of fused-ring (bicyclic) bond motifs is 4. The minimum Gasteiger partial charge on any atom is -0.456 e. The molecule has 8 N–H and O–H groups in total. The van der Waals surface area contributed by atoms with Crippen molar-refractivity contribution < 1.29 is 77.4 Å². The number of thioether (sulfide) groups is 1. The van der Waals surface area contributed by atoms with Crippen LogP contribution >= 0.6 is 11.8 Å². The molecule has 0 aromatic carbocycles. The molecule has 0 aromatic rings. The second-order valence-electron chi connectivity index (χ2n) is 25.4. The van der Waals surface area contributed by atoms with Crippen molar-refractivity contribution in [3.63, 3.8) is 0 Å². The molecule has 5 heterocycles. The normalized spacial score (nSPS) is 34.8. The Hall–Kier alpha value is -4.95. The van der Waals surface area contributed by atoms with Gasteiger partial charge in [0.15, 0.2) is 6.61 Å². The maximum Gasteiger partial charge on any atom is 0.329 e. The molecule has 5 fully saturated rings. The lowest BCUT2D eigenvalue weighted by molar-refractivity contribution is -0.302. The van der Waals surface area contributed by atoms with Crippen LogP contribution in [0.15, 0.2) is 41.1 Å². The average Bonchev–Trinajstić information content (AvgIpc) is 1.05. The van der Waals surface area contributed by atoms with Crippen molar-refractivity contribution in [3.8, 4) is 0 Å². The highest BCUT2D eigenvalue weighted by Crippen LogP contribution is 2.40. The molecule has 17 atom stereocenters. The summed E-state index contributed by atoms with van der Waals surface area (Å²) < 4.78 is 30.3. The van der Waals surface area contributed by atoms with Crippen molar-refractivity contribution in [1.29, 1.82) is 0 Å². The number of Topliss-reactive ketones (excluding diaryl/α,β-unsaturated/α-hetero) is 1. The number of carbonyl (C=O) groups is 7. The first-order valence-corrected chi connectivity index (χ1v) is 33.2. The smallest absolute Gasteiger partial charge is 0.329 e. The molecule has 5 aliphatic heterocycles. The Kier molecular flexibility index (Phi) is 29.2. The fraction of sp³-hybridized carbons (Fsp3) is 0.781. The van der Waals surface area contributed by atoms with Gasteiger partial charge >= 0.3 is 12.0 Å². The maximum absolute atomic E-state index is 14.8. The Bertz CT molecular complexity index is 2450. The maximum atomic E-state index is 14.8. The number of rotatable bonds is 24. The molecule has 2 bridgehead atoms. The van der Waals surface area contributed by atoms with Crippen molar-refractivity contribution >= 4 is 58.9 Å². The second-order valence-corrected chi connectivity index (χ2v) is 26.7. The number of ether oxygens (including phenoxy) is 5. The number of aliphatic hydroxyl groups is 3. The topological polar surface area (TPSA) is 311 Å². The fourth-order valence-electron chi connectivity index (χ4n) is 13.4. The molecule has 1 aliphatic carbocycles. The van der Waals surface area contributed by atoms with Crippen LogP contribution in [0.5, 0.6) is 0 Å². The summed E-state index contributed by atoms with van der Waals surface area (Å²) in [6.07, 6.45) is 9.93. The minimum atomic E-state index is -2.57. The van der Waals surface area contributed by atoms with E-state index >= 15 is 0 Å². The van der Waals surface area contributed by atoms with Gasteiger partial charge in [-0.15, -0.1) is 6.58 Å². The van der Waals surface area contributed by atoms with Gasteiger partial charge < -0.3 is 75.3 Å². The zero-order valence-corrected chi connectivity index (χ0v) is 54.1. The number of nitrogens with zero attached hydrogens (tertiary/aromatic N) is 2. The monoisotopic (exact) mass is 1260 g/mol. The molecule has 0 aromatic heterocycles. The number of hydrogen-bond donors (Lipinski definition) is 8. The molecule has 0 unspecified atom stereocenters. The summed E-state index contributed by atoms with van der Waals surface area (Å²) in [6.45, 7) is 13.7. The highest BCUT2D eigenvalue weighted by molar-refractivity contribution is 8.00. The predicted molar refractivity (Wildman–Crippen MR) is 332 cm³/mol. The molecule has 6 aliphatic rings. The number of nitrogens with one attached hydrogen (secondary N) is 5. The van der Waals surface area contributed by atoms with E-state index in [0.717, 1.165) is 43.4 Å². The third-order valence-corrected chi connectivity index (χ3v) is 20.0. The van der Waals surface area contributed by atoms with Crippen LogP contribution in [-0.2, 0) is 57.3 Å². The summed E-state index contributed by atoms with van der Waals surface area (Å²) in [5, 5.41) is 54.8. The van der Waals surface area contributed by atoms with Crippen LogP contribution in [0.3, 0.4) is 0 Å². The predicted octanol–water partition coefficient (Wildman–Crippen LogP) is 5.08. The lowest BCUT2D eigenvalue weighted by Crippen LogP contribution is -2.64. The first-order valence-electron chi connectivity index (χ1n) is 32.1. The van der Waals surface area contributed by atoms with Crippen molar-refractivity contribution in [1.82, 2.24) is 31.5 Å². The molecular formula is C64H103N7O16S. The molecule has 496 valence electrons. The van der Waals surface area contributed by atoms with E-state index in [-0.39, 0.29) is 80.7 Å². The number of carbonyl (C=O) groups excluding carboxylic acids is 7. The van der Waals surface area contributed by atoms with Crippen LogP contribution < -0.4 is 26.6 Å². The number of urea groups is 1. The molecule has 6 amide bonds. The largest absolute Gasteiger partial charge is 0.456 e. The quantitative estimate of drug-likeness (QED) is 0.0156. The number of ketones is 1.